The van der Waals surface area contributed by atoms with Gasteiger partial charge in [-0.05, 0) is 31.2 Å². The van der Waals surface area contributed by atoms with E-state index in [1.54, 1.807) is 33.7 Å². The minimum absolute atomic E-state index is 0.532. The van der Waals surface area contributed by atoms with E-state index in [4.69, 9.17) is 18.9 Å². The highest BCUT2D eigenvalue weighted by molar-refractivity contribution is 5.68. The third kappa shape index (κ3) is 4.25. The summed E-state index contributed by atoms with van der Waals surface area (Å²) in [7, 11) is 4.72. The van der Waals surface area contributed by atoms with Crippen LogP contribution < -0.4 is 24.3 Å². The average Bonchev–Trinajstić information content (AvgIpc) is 2.74. The van der Waals surface area contributed by atoms with E-state index >= 15 is 0 Å². The van der Waals surface area contributed by atoms with Gasteiger partial charge in [0, 0.05) is 23.4 Å². The zero-order chi connectivity index (χ0) is 19.9. The molecule has 146 valence electrons. The molecule has 3 aromatic rings. The third-order valence-corrected chi connectivity index (χ3v) is 4.03. The van der Waals surface area contributed by atoms with Crippen molar-refractivity contribution in [2.24, 2.45) is 0 Å². The van der Waals surface area contributed by atoms with E-state index in [2.05, 4.69) is 15.3 Å². The van der Waals surface area contributed by atoms with Crippen molar-refractivity contribution in [1.82, 2.24) is 9.97 Å². The normalized spacial score (nSPS) is 10.3. The van der Waals surface area contributed by atoms with Crippen molar-refractivity contribution >= 4 is 11.5 Å². The van der Waals surface area contributed by atoms with E-state index in [1.165, 1.54) is 0 Å². The van der Waals surface area contributed by atoms with Gasteiger partial charge in [0.25, 0.3) is 0 Å². The van der Waals surface area contributed by atoms with E-state index in [-0.39, 0.29) is 0 Å². The van der Waals surface area contributed by atoms with Gasteiger partial charge in [0.05, 0.1) is 46.0 Å². The molecule has 3 rings (SSSR count). The first-order chi connectivity index (χ1) is 13.7. The van der Waals surface area contributed by atoms with Gasteiger partial charge in [0.15, 0.2) is 11.5 Å². The summed E-state index contributed by atoms with van der Waals surface area (Å²) >= 11 is 0. The lowest BCUT2D eigenvalue weighted by Crippen LogP contribution is -2.00. The molecule has 0 amide bonds. The second kappa shape index (κ2) is 8.94. The van der Waals surface area contributed by atoms with Crippen molar-refractivity contribution in [2.75, 3.05) is 33.3 Å². The zero-order valence-corrected chi connectivity index (χ0v) is 16.4. The Kier molecular flexibility index (Phi) is 6.16. The van der Waals surface area contributed by atoms with Gasteiger partial charge in [-0.3, -0.25) is 4.98 Å². The van der Waals surface area contributed by atoms with Crippen LogP contribution in [0, 0.1) is 0 Å². The molecule has 0 aliphatic carbocycles. The van der Waals surface area contributed by atoms with Crippen LogP contribution in [0.1, 0.15) is 6.92 Å². The molecule has 0 aliphatic rings. The molecular formula is C21H23N3O4. The van der Waals surface area contributed by atoms with Gasteiger partial charge in [-0.15, -0.1) is 0 Å². The molecule has 0 bridgehead atoms. The lowest BCUT2D eigenvalue weighted by molar-refractivity contribution is 0.324. The van der Waals surface area contributed by atoms with E-state index < -0.39 is 0 Å². The first kappa shape index (κ1) is 19.3. The van der Waals surface area contributed by atoms with Gasteiger partial charge < -0.3 is 24.3 Å². The SMILES string of the molecule is CCOc1ccc(-c2cncc(Nc3cc(OC)c(OC)c(OC)c3)n2)cc1. The van der Waals surface area contributed by atoms with Crippen molar-refractivity contribution in [1.29, 1.82) is 0 Å². The van der Waals surface area contributed by atoms with E-state index in [0.29, 0.717) is 29.7 Å². The van der Waals surface area contributed by atoms with Crippen molar-refractivity contribution < 1.29 is 18.9 Å². The number of rotatable bonds is 8. The first-order valence-corrected chi connectivity index (χ1v) is 8.80. The van der Waals surface area contributed by atoms with Crippen molar-refractivity contribution in [2.45, 2.75) is 6.92 Å². The Labute approximate surface area is 164 Å². The van der Waals surface area contributed by atoms with Crippen LogP contribution in [0.3, 0.4) is 0 Å². The van der Waals surface area contributed by atoms with Crippen molar-refractivity contribution in [3.8, 4) is 34.3 Å². The minimum Gasteiger partial charge on any atom is -0.494 e. The molecule has 0 unspecified atom stereocenters. The summed E-state index contributed by atoms with van der Waals surface area (Å²) in [5, 5.41) is 3.23. The highest BCUT2D eigenvalue weighted by Crippen LogP contribution is 2.40. The van der Waals surface area contributed by atoms with Gasteiger partial charge in [-0.25, -0.2) is 4.98 Å². The Morgan fingerprint density at radius 3 is 2.14 bits per heavy atom. The average molecular weight is 381 g/mol. The van der Waals surface area contributed by atoms with Crippen molar-refractivity contribution in [3.63, 3.8) is 0 Å². The third-order valence-electron chi connectivity index (χ3n) is 4.03. The lowest BCUT2D eigenvalue weighted by atomic mass is 10.1. The summed E-state index contributed by atoms with van der Waals surface area (Å²) in [6, 6.07) is 11.4. The smallest absolute Gasteiger partial charge is 0.203 e. The quantitative estimate of drug-likeness (QED) is 0.623. The fourth-order valence-corrected chi connectivity index (χ4v) is 2.76. The predicted molar refractivity (Wildman–Crippen MR) is 108 cm³/mol. The summed E-state index contributed by atoms with van der Waals surface area (Å²) in [6.07, 6.45) is 3.37. The maximum Gasteiger partial charge on any atom is 0.203 e. The Morgan fingerprint density at radius 2 is 1.57 bits per heavy atom. The zero-order valence-electron chi connectivity index (χ0n) is 16.4. The molecule has 0 saturated heterocycles. The number of hydrogen-bond acceptors (Lipinski definition) is 7. The van der Waals surface area contributed by atoms with Gasteiger partial charge >= 0.3 is 0 Å². The second-order valence-electron chi connectivity index (χ2n) is 5.79. The standard InChI is InChI=1S/C21H23N3O4/c1-5-28-16-8-6-14(7-9-16)17-12-22-13-20(24-17)23-15-10-18(25-2)21(27-4)19(11-15)26-3/h6-13H,5H2,1-4H3,(H,23,24). The molecule has 1 N–H and O–H groups in total. The van der Waals surface area contributed by atoms with Gasteiger partial charge in [0.2, 0.25) is 5.75 Å². The van der Waals surface area contributed by atoms with Gasteiger partial charge in [0.1, 0.15) is 11.6 Å². The van der Waals surface area contributed by atoms with Crippen LogP contribution in [0.2, 0.25) is 0 Å². The number of methoxy groups -OCH3 is 3. The number of ether oxygens (including phenoxy) is 4. The molecule has 2 aromatic carbocycles. The molecule has 0 radical (unpaired) electrons. The van der Waals surface area contributed by atoms with E-state index in [1.807, 2.05) is 43.3 Å². The number of aromatic nitrogens is 2. The van der Waals surface area contributed by atoms with Crippen LogP contribution in [0.4, 0.5) is 11.5 Å². The molecule has 0 saturated carbocycles. The summed E-state index contributed by atoms with van der Waals surface area (Å²) < 4.78 is 21.6. The minimum atomic E-state index is 0.532. The summed E-state index contributed by atoms with van der Waals surface area (Å²) in [4.78, 5) is 8.93. The summed E-state index contributed by atoms with van der Waals surface area (Å²) in [5.41, 5.74) is 2.44. The molecule has 7 nitrogen and oxygen atoms in total. The number of anilines is 2. The highest BCUT2D eigenvalue weighted by atomic mass is 16.5. The second-order valence-corrected chi connectivity index (χ2v) is 5.79. The van der Waals surface area contributed by atoms with Crippen LogP contribution in [0.5, 0.6) is 23.0 Å². The summed E-state index contributed by atoms with van der Waals surface area (Å²) in [5.74, 6) is 3.07. The first-order valence-electron chi connectivity index (χ1n) is 8.80. The van der Waals surface area contributed by atoms with Crippen LogP contribution in [0.15, 0.2) is 48.8 Å². The molecule has 0 atom stereocenters. The number of nitrogens with one attached hydrogen (secondary N) is 1. The lowest BCUT2D eigenvalue weighted by Gasteiger charge is -2.15. The van der Waals surface area contributed by atoms with Crippen LogP contribution in [0.25, 0.3) is 11.3 Å². The van der Waals surface area contributed by atoms with Gasteiger partial charge in [-0.1, -0.05) is 0 Å². The van der Waals surface area contributed by atoms with Crippen LogP contribution in [-0.2, 0) is 0 Å². The van der Waals surface area contributed by atoms with E-state index in [9.17, 15) is 0 Å². The molecule has 1 heterocycles. The fourth-order valence-electron chi connectivity index (χ4n) is 2.76. The Balaban J connectivity index is 1.87. The Bertz CT molecular complexity index is 904. The Morgan fingerprint density at radius 1 is 0.893 bits per heavy atom. The maximum atomic E-state index is 5.48. The summed E-state index contributed by atoms with van der Waals surface area (Å²) in [6.45, 7) is 2.59. The number of nitrogens with zero attached hydrogens (tertiary/aromatic N) is 2. The Hall–Kier alpha value is -3.48. The number of benzene rings is 2. The molecule has 0 fully saturated rings. The largest absolute Gasteiger partial charge is 0.494 e. The predicted octanol–water partition coefficient (Wildman–Crippen LogP) is 4.31. The molecule has 7 heteroatoms. The van der Waals surface area contributed by atoms with Crippen molar-refractivity contribution in [3.05, 3.63) is 48.8 Å². The molecular weight excluding hydrogens is 358 g/mol. The van der Waals surface area contributed by atoms with Crippen LogP contribution >= 0.6 is 0 Å². The molecule has 0 spiro atoms. The molecule has 0 aliphatic heterocycles. The maximum absolute atomic E-state index is 5.48. The fraction of sp³-hybridized carbons (Fsp3) is 0.238. The number of hydrogen-bond donors (Lipinski definition) is 1. The molecule has 1 aromatic heterocycles. The topological polar surface area (TPSA) is 74.7 Å². The monoisotopic (exact) mass is 381 g/mol. The highest BCUT2D eigenvalue weighted by Gasteiger charge is 2.14. The van der Waals surface area contributed by atoms with Gasteiger partial charge in [-0.2, -0.15) is 0 Å². The van der Waals surface area contributed by atoms with E-state index in [0.717, 1.165) is 22.7 Å². The van der Waals surface area contributed by atoms with Crippen LogP contribution in [-0.4, -0.2) is 37.9 Å². The molecule has 28 heavy (non-hydrogen) atoms.